The summed E-state index contributed by atoms with van der Waals surface area (Å²) < 4.78 is 24.6. The Bertz CT molecular complexity index is 622. The third-order valence-corrected chi connectivity index (χ3v) is 3.35. The van der Waals surface area contributed by atoms with Crippen LogP contribution in [0, 0.1) is 12.7 Å². The Hall–Kier alpha value is -2.23. The summed E-state index contributed by atoms with van der Waals surface area (Å²) in [7, 11) is 0. The molecule has 21 heavy (non-hydrogen) atoms. The molecule has 0 atom stereocenters. The third-order valence-electron chi connectivity index (χ3n) is 3.35. The molecule has 3 rings (SSSR count). The lowest BCUT2D eigenvalue weighted by Gasteiger charge is -2.11. The van der Waals surface area contributed by atoms with Gasteiger partial charge < -0.3 is 14.8 Å². The van der Waals surface area contributed by atoms with Gasteiger partial charge in [0.1, 0.15) is 5.82 Å². The topological polar surface area (TPSA) is 30.5 Å². The van der Waals surface area contributed by atoms with Gasteiger partial charge in [0.15, 0.2) is 11.5 Å². The van der Waals surface area contributed by atoms with E-state index in [2.05, 4.69) is 5.32 Å². The van der Waals surface area contributed by atoms with Crippen LogP contribution in [0.4, 0.5) is 10.1 Å². The van der Waals surface area contributed by atoms with Crippen molar-refractivity contribution in [3.05, 3.63) is 53.3 Å². The van der Waals surface area contributed by atoms with Gasteiger partial charge in [0.2, 0.25) is 0 Å². The zero-order valence-electron chi connectivity index (χ0n) is 12.0. The maximum Gasteiger partial charge on any atom is 0.161 e. The van der Waals surface area contributed by atoms with E-state index in [0.29, 0.717) is 19.8 Å². The fourth-order valence-electron chi connectivity index (χ4n) is 2.36. The number of rotatable bonds is 3. The maximum absolute atomic E-state index is 13.3. The number of halogens is 1. The third kappa shape index (κ3) is 3.45. The van der Waals surface area contributed by atoms with Crippen LogP contribution >= 0.6 is 0 Å². The Morgan fingerprint density at radius 2 is 1.86 bits per heavy atom. The molecule has 4 heteroatoms. The molecule has 0 saturated carbocycles. The first kappa shape index (κ1) is 13.7. The molecule has 1 heterocycles. The molecular formula is C17H18FNO2. The minimum Gasteiger partial charge on any atom is -0.490 e. The van der Waals surface area contributed by atoms with Crippen LogP contribution in [-0.2, 0) is 6.54 Å². The summed E-state index contributed by atoms with van der Waals surface area (Å²) >= 11 is 0. The van der Waals surface area contributed by atoms with E-state index in [4.69, 9.17) is 9.47 Å². The molecule has 0 spiro atoms. The fourth-order valence-corrected chi connectivity index (χ4v) is 2.36. The van der Waals surface area contributed by atoms with Gasteiger partial charge in [-0.05, 0) is 48.4 Å². The zero-order valence-corrected chi connectivity index (χ0v) is 12.0. The van der Waals surface area contributed by atoms with E-state index in [1.54, 1.807) is 0 Å². The highest BCUT2D eigenvalue weighted by Gasteiger charge is 2.10. The SMILES string of the molecule is Cc1cc(F)cc(NCc2ccc3c(c2)OCCCO3)c1. The van der Waals surface area contributed by atoms with Crippen molar-refractivity contribution >= 4 is 5.69 Å². The maximum atomic E-state index is 13.3. The van der Waals surface area contributed by atoms with Gasteiger partial charge in [0, 0.05) is 18.7 Å². The number of anilines is 1. The Morgan fingerprint density at radius 1 is 1.05 bits per heavy atom. The first-order chi connectivity index (χ1) is 10.2. The molecule has 0 unspecified atom stereocenters. The predicted molar refractivity (Wildman–Crippen MR) is 80.5 cm³/mol. The van der Waals surface area contributed by atoms with Gasteiger partial charge in [-0.25, -0.2) is 4.39 Å². The molecule has 3 nitrogen and oxygen atoms in total. The summed E-state index contributed by atoms with van der Waals surface area (Å²) in [4.78, 5) is 0. The Labute approximate surface area is 123 Å². The number of fused-ring (bicyclic) bond motifs is 1. The predicted octanol–water partition coefficient (Wildman–Crippen LogP) is 3.91. The van der Waals surface area contributed by atoms with Crippen molar-refractivity contribution in [1.82, 2.24) is 0 Å². The van der Waals surface area contributed by atoms with E-state index < -0.39 is 0 Å². The summed E-state index contributed by atoms with van der Waals surface area (Å²) in [6.45, 7) is 3.85. The van der Waals surface area contributed by atoms with Crippen LogP contribution in [0.25, 0.3) is 0 Å². The Kier molecular flexibility index (Phi) is 3.95. The van der Waals surface area contributed by atoms with Crippen molar-refractivity contribution in [2.24, 2.45) is 0 Å². The molecule has 0 saturated heterocycles. The van der Waals surface area contributed by atoms with Crippen molar-refractivity contribution < 1.29 is 13.9 Å². The van der Waals surface area contributed by atoms with E-state index in [1.807, 2.05) is 31.2 Å². The number of benzene rings is 2. The van der Waals surface area contributed by atoms with Crippen molar-refractivity contribution in [2.75, 3.05) is 18.5 Å². The lowest BCUT2D eigenvalue weighted by molar-refractivity contribution is 0.297. The number of aryl methyl sites for hydroxylation is 1. The molecule has 1 aliphatic heterocycles. The van der Waals surface area contributed by atoms with Crippen LogP contribution in [0.5, 0.6) is 11.5 Å². The number of hydrogen-bond acceptors (Lipinski definition) is 3. The average molecular weight is 287 g/mol. The van der Waals surface area contributed by atoms with Gasteiger partial charge in [0.25, 0.3) is 0 Å². The minimum atomic E-state index is -0.226. The quantitative estimate of drug-likeness (QED) is 0.928. The summed E-state index contributed by atoms with van der Waals surface area (Å²) in [6, 6.07) is 10.8. The molecule has 0 aliphatic carbocycles. The highest BCUT2D eigenvalue weighted by molar-refractivity contribution is 5.48. The highest BCUT2D eigenvalue weighted by Crippen LogP contribution is 2.30. The van der Waals surface area contributed by atoms with Crippen molar-refractivity contribution in [3.8, 4) is 11.5 Å². The fraction of sp³-hybridized carbons (Fsp3) is 0.294. The highest BCUT2D eigenvalue weighted by atomic mass is 19.1. The second kappa shape index (κ2) is 6.04. The average Bonchev–Trinajstić information content (AvgIpc) is 2.68. The van der Waals surface area contributed by atoms with Gasteiger partial charge in [-0.15, -0.1) is 0 Å². The molecule has 2 aromatic rings. The second-order valence-electron chi connectivity index (χ2n) is 5.20. The molecule has 0 radical (unpaired) electrons. The molecular weight excluding hydrogens is 269 g/mol. The first-order valence-corrected chi connectivity index (χ1v) is 7.10. The molecule has 0 amide bonds. The second-order valence-corrected chi connectivity index (χ2v) is 5.20. The Morgan fingerprint density at radius 3 is 2.67 bits per heavy atom. The Balaban J connectivity index is 1.71. The van der Waals surface area contributed by atoms with Gasteiger partial charge >= 0.3 is 0 Å². The van der Waals surface area contributed by atoms with Gasteiger partial charge in [-0.2, -0.15) is 0 Å². The van der Waals surface area contributed by atoms with E-state index in [9.17, 15) is 4.39 Å². The molecule has 1 N–H and O–H groups in total. The van der Waals surface area contributed by atoms with E-state index in [1.165, 1.54) is 12.1 Å². The summed E-state index contributed by atoms with van der Waals surface area (Å²) in [5.41, 5.74) is 2.75. The van der Waals surface area contributed by atoms with Crippen LogP contribution in [0.2, 0.25) is 0 Å². The summed E-state index contributed by atoms with van der Waals surface area (Å²) in [5, 5.41) is 3.23. The normalized spacial score (nSPS) is 13.6. The zero-order chi connectivity index (χ0) is 14.7. The number of nitrogens with one attached hydrogen (secondary N) is 1. The molecule has 1 aliphatic rings. The smallest absolute Gasteiger partial charge is 0.161 e. The van der Waals surface area contributed by atoms with Crippen LogP contribution in [0.3, 0.4) is 0 Å². The van der Waals surface area contributed by atoms with Crippen molar-refractivity contribution in [1.29, 1.82) is 0 Å². The molecule has 110 valence electrons. The van der Waals surface area contributed by atoms with Crippen molar-refractivity contribution in [2.45, 2.75) is 19.9 Å². The number of ether oxygens (including phenoxy) is 2. The lowest BCUT2D eigenvalue weighted by atomic mass is 10.1. The lowest BCUT2D eigenvalue weighted by Crippen LogP contribution is -2.01. The summed E-state index contributed by atoms with van der Waals surface area (Å²) in [5.74, 6) is 1.34. The minimum absolute atomic E-state index is 0.226. The summed E-state index contributed by atoms with van der Waals surface area (Å²) in [6.07, 6.45) is 0.894. The van der Waals surface area contributed by atoms with Gasteiger partial charge in [-0.1, -0.05) is 6.07 Å². The van der Waals surface area contributed by atoms with Crippen LogP contribution in [0.1, 0.15) is 17.5 Å². The first-order valence-electron chi connectivity index (χ1n) is 7.10. The van der Waals surface area contributed by atoms with Crippen LogP contribution in [0.15, 0.2) is 36.4 Å². The molecule has 0 bridgehead atoms. The number of hydrogen-bond donors (Lipinski definition) is 1. The van der Waals surface area contributed by atoms with Crippen molar-refractivity contribution in [3.63, 3.8) is 0 Å². The van der Waals surface area contributed by atoms with Gasteiger partial charge in [-0.3, -0.25) is 0 Å². The van der Waals surface area contributed by atoms with Crippen LogP contribution < -0.4 is 14.8 Å². The largest absolute Gasteiger partial charge is 0.490 e. The monoisotopic (exact) mass is 287 g/mol. The molecule has 2 aromatic carbocycles. The van der Waals surface area contributed by atoms with Gasteiger partial charge in [0.05, 0.1) is 13.2 Å². The molecule has 0 aromatic heterocycles. The van der Waals surface area contributed by atoms with E-state index in [-0.39, 0.29) is 5.82 Å². The van der Waals surface area contributed by atoms with E-state index >= 15 is 0 Å². The van der Waals surface area contributed by atoms with E-state index in [0.717, 1.165) is 34.7 Å². The van der Waals surface area contributed by atoms with Crippen LogP contribution in [-0.4, -0.2) is 13.2 Å². The molecule has 0 fully saturated rings. The standard InChI is InChI=1S/C17H18FNO2/c1-12-7-14(18)10-15(8-12)19-11-13-3-4-16-17(9-13)21-6-2-5-20-16/h3-4,7-10,19H,2,5-6,11H2,1H3.